The van der Waals surface area contributed by atoms with E-state index < -0.39 is 17.9 Å². The van der Waals surface area contributed by atoms with Gasteiger partial charge in [0.05, 0.1) is 24.6 Å². The van der Waals surface area contributed by atoms with Gasteiger partial charge in [0.15, 0.2) is 0 Å². The summed E-state index contributed by atoms with van der Waals surface area (Å²) in [6.07, 6.45) is 0.751. The van der Waals surface area contributed by atoms with Crippen molar-refractivity contribution in [3.63, 3.8) is 0 Å². The second-order valence-electron chi connectivity index (χ2n) is 8.52. The number of benzene rings is 3. The van der Waals surface area contributed by atoms with Crippen molar-refractivity contribution in [1.82, 2.24) is 4.90 Å². The first-order valence-corrected chi connectivity index (χ1v) is 11.4. The molecule has 3 aromatic carbocycles. The van der Waals surface area contributed by atoms with Crippen molar-refractivity contribution >= 4 is 23.5 Å². The van der Waals surface area contributed by atoms with Crippen LogP contribution in [-0.4, -0.2) is 29.8 Å². The molecule has 174 valence electrons. The Labute approximate surface area is 199 Å². The van der Waals surface area contributed by atoms with Gasteiger partial charge in [-0.1, -0.05) is 66.7 Å². The SMILES string of the molecule is COC(=O)c1ccc(C)c(NC(=O)C2CCC(=O)N(Cc3ccccc3)C2c2ccccc2)c1. The van der Waals surface area contributed by atoms with Crippen molar-refractivity contribution in [3.05, 3.63) is 101 Å². The monoisotopic (exact) mass is 456 g/mol. The number of carbonyl (C=O) groups excluding carboxylic acids is 3. The average molecular weight is 457 g/mol. The Bertz CT molecular complexity index is 1180. The number of hydrogen-bond donors (Lipinski definition) is 1. The Hall–Kier alpha value is -3.93. The zero-order valence-electron chi connectivity index (χ0n) is 19.4. The zero-order valence-corrected chi connectivity index (χ0v) is 19.4. The maximum atomic E-state index is 13.6. The number of hydrogen-bond acceptors (Lipinski definition) is 4. The Morgan fingerprint density at radius 2 is 1.68 bits per heavy atom. The van der Waals surface area contributed by atoms with E-state index in [0.29, 0.717) is 30.6 Å². The zero-order chi connectivity index (χ0) is 24.1. The minimum atomic E-state index is -0.463. The van der Waals surface area contributed by atoms with E-state index in [0.717, 1.165) is 16.7 Å². The number of ether oxygens (including phenoxy) is 1. The van der Waals surface area contributed by atoms with Gasteiger partial charge in [-0.25, -0.2) is 4.79 Å². The Morgan fingerprint density at radius 1 is 1.00 bits per heavy atom. The third-order valence-electron chi connectivity index (χ3n) is 6.30. The van der Waals surface area contributed by atoms with Gasteiger partial charge < -0.3 is 15.0 Å². The van der Waals surface area contributed by atoms with Crippen LogP contribution >= 0.6 is 0 Å². The lowest BCUT2D eigenvalue weighted by atomic mass is 9.83. The van der Waals surface area contributed by atoms with E-state index in [-0.39, 0.29) is 11.8 Å². The molecular formula is C28H28N2O4. The van der Waals surface area contributed by atoms with Crippen LogP contribution in [0.2, 0.25) is 0 Å². The maximum Gasteiger partial charge on any atom is 0.337 e. The number of aryl methyl sites for hydroxylation is 1. The molecule has 0 radical (unpaired) electrons. The number of nitrogens with one attached hydrogen (secondary N) is 1. The fraction of sp³-hybridized carbons (Fsp3) is 0.250. The van der Waals surface area contributed by atoms with Crippen molar-refractivity contribution in [2.24, 2.45) is 5.92 Å². The van der Waals surface area contributed by atoms with E-state index in [4.69, 9.17) is 4.74 Å². The highest BCUT2D eigenvalue weighted by molar-refractivity contribution is 5.97. The average Bonchev–Trinajstić information content (AvgIpc) is 2.87. The van der Waals surface area contributed by atoms with Crippen LogP contribution in [-0.2, 0) is 20.9 Å². The summed E-state index contributed by atoms with van der Waals surface area (Å²) >= 11 is 0. The molecule has 1 aliphatic rings. The van der Waals surface area contributed by atoms with E-state index in [1.807, 2.05) is 72.5 Å². The minimum absolute atomic E-state index is 0.0330. The lowest BCUT2D eigenvalue weighted by molar-refractivity contribution is -0.142. The molecule has 0 spiro atoms. The molecule has 0 bridgehead atoms. The van der Waals surface area contributed by atoms with E-state index >= 15 is 0 Å². The molecule has 1 saturated heterocycles. The van der Waals surface area contributed by atoms with E-state index in [1.54, 1.807) is 18.2 Å². The normalized spacial score (nSPS) is 17.8. The van der Waals surface area contributed by atoms with Gasteiger partial charge in [0, 0.05) is 18.7 Å². The first-order chi connectivity index (χ1) is 16.5. The van der Waals surface area contributed by atoms with Crippen LogP contribution in [0.15, 0.2) is 78.9 Å². The molecule has 34 heavy (non-hydrogen) atoms. The number of methoxy groups -OCH3 is 1. The van der Waals surface area contributed by atoms with Gasteiger partial charge in [0.25, 0.3) is 0 Å². The fourth-order valence-electron chi connectivity index (χ4n) is 4.48. The maximum absolute atomic E-state index is 13.6. The van der Waals surface area contributed by atoms with Gasteiger partial charge in [0.1, 0.15) is 0 Å². The van der Waals surface area contributed by atoms with Gasteiger partial charge >= 0.3 is 5.97 Å². The summed E-state index contributed by atoms with van der Waals surface area (Å²) in [6, 6.07) is 24.2. The summed E-state index contributed by atoms with van der Waals surface area (Å²) in [5.41, 5.74) is 3.70. The molecule has 0 saturated carbocycles. The van der Waals surface area contributed by atoms with Crippen molar-refractivity contribution in [2.75, 3.05) is 12.4 Å². The number of carbonyl (C=O) groups is 3. The highest BCUT2D eigenvalue weighted by Gasteiger charge is 2.40. The molecule has 2 atom stereocenters. The molecule has 3 aromatic rings. The lowest BCUT2D eigenvalue weighted by Crippen LogP contribution is -2.46. The molecule has 0 aromatic heterocycles. The molecule has 4 rings (SSSR count). The second kappa shape index (κ2) is 10.3. The van der Waals surface area contributed by atoms with Gasteiger partial charge in [-0.05, 0) is 42.2 Å². The summed E-state index contributed by atoms with van der Waals surface area (Å²) < 4.78 is 4.81. The third kappa shape index (κ3) is 5.01. The van der Waals surface area contributed by atoms with Gasteiger partial charge in [0.2, 0.25) is 11.8 Å². The van der Waals surface area contributed by atoms with Crippen molar-refractivity contribution in [2.45, 2.75) is 32.4 Å². The highest BCUT2D eigenvalue weighted by Crippen LogP contribution is 2.38. The number of piperidine rings is 1. The molecule has 1 fully saturated rings. The molecule has 1 heterocycles. The first-order valence-electron chi connectivity index (χ1n) is 11.4. The van der Waals surface area contributed by atoms with Gasteiger partial charge in [-0.2, -0.15) is 0 Å². The summed E-state index contributed by atoms with van der Waals surface area (Å²) in [5.74, 6) is -1.05. The molecule has 2 amide bonds. The predicted molar refractivity (Wildman–Crippen MR) is 130 cm³/mol. The van der Waals surface area contributed by atoms with Crippen LogP contribution in [0.3, 0.4) is 0 Å². The minimum Gasteiger partial charge on any atom is -0.465 e. The van der Waals surface area contributed by atoms with Crippen LogP contribution < -0.4 is 5.32 Å². The summed E-state index contributed by atoms with van der Waals surface area (Å²) in [6.45, 7) is 2.30. The van der Waals surface area contributed by atoms with E-state index in [1.165, 1.54) is 7.11 Å². The number of anilines is 1. The highest BCUT2D eigenvalue weighted by atomic mass is 16.5. The molecule has 1 N–H and O–H groups in total. The van der Waals surface area contributed by atoms with Crippen molar-refractivity contribution < 1.29 is 19.1 Å². The van der Waals surface area contributed by atoms with Crippen LogP contribution in [0, 0.1) is 12.8 Å². The topological polar surface area (TPSA) is 75.7 Å². The Kier molecular flexibility index (Phi) is 7.07. The Morgan fingerprint density at radius 3 is 2.35 bits per heavy atom. The largest absolute Gasteiger partial charge is 0.465 e. The summed E-state index contributed by atoms with van der Waals surface area (Å²) in [4.78, 5) is 40.4. The van der Waals surface area contributed by atoms with Gasteiger partial charge in [-0.3, -0.25) is 9.59 Å². The number of amides is 2. The Balaban J connectivity index is 1.66. The van der Waals surface area contributed by atoms with E-state index in [9.17, 15) is 14.4 Å². The van der Waals surface area contributed by atoms with Crippen LogP contribution in [0.4, 0.5) is 5.69 Å². The van der Waals surface area contributed by atoms with Crippen LogP contribution in [0.1, 0.15) is 45.9 Å². The second-order valence-corrected chi connectivity index (χ2v) is 8.52. The van der Waals surface area contributed by atoms with Crippen LogP contribution in [0.5, 0.6) is 0 Å². The van der Waals surface area contributed by atoms with E-state index in [2.05, 4.69) is 5.32 Å². The first kappa shape index (κ1) is 23.2. The molecular weight excluding hydrogens is 428 g/mol. The molecule has 2 unspecified atom stereocenters. The number of nitrogens with zero attached hydrogens (tertiary/aromatic N) is 1. The lowest BCUT2D eigenvalue weighted by Gasteiger charge is -2.41. The van der Waals surface area contributed by atoms with Crippen LogP contribution in [0.25, 0.3) is 0 Å². The number of likely N-dealkylation sites (tertiary alicyclic amines) is 1. The fourth-order valence-corrected chi connectivity index (χ4v) is 4.48. The molecule has 1 aliphatic heterocycles. The quantitative estimate of drug-likeness (QED) is 0.536. The number of rotatable bonds is 6. The summed E-state index contributed by atoms with van der Waals surface area (Å²) in [5, 5.41) is 3.01. The predicted octanol–water partition coefficient (Wildman–Crippen LogP) is 4.90. The molecule has 0 aliphatic carbocycles. The molecule has 6 heteroatoms. The van der Waals surface area contributed by atoms with Gasteiger partial charge in [-0.15, -0.1) is 0 Å². The van der Waals surface area contributed by atoms with Crippen molar-refractivity contribution in [3.8, 4) is 0 Å². The third-order valence-corrected chi connectivity index (χ3v) is 6.30. The molecule has 6 nitrogen and oxygen atoms in total. The standard InChI is InChI=1S/C28H28N2O4/c1-19-13-14-22(28(33)34-2)17-24(19)29-27(32)23-15-16-25(31)30(18-20-9-5-3-6-10-20)26(23)21-11-7-4-8-12-21/h3-14,17,23,26H,15-16,18H2,1-2H3,(H,29,32). The number of esters is 1. The van der Waals surface area contributed by atoms with Crippen molar-refractivity contribution in [1.29, 1.82) is 0 Å². The summed E-state index contributed by atoms with van der Waals surface area (Å²) in [7, 11) is 1.32. The smallest absolute Gasteiger partial charge is 0.337 e.